The van der Waals surface area contributed by atoms with E-state index in [1.165, 1.54) is 29.8 Å². The molecule has 1 aliphatic rings. The van der Waals surface area contributed by atoms with Crippen LogP contribution < -0.4 is 4.90 Å². The summed E-state index contributed by atoms with van der Waals surface area (Å²) >= 11 is 7.55. The van der Waals surface area contributed by atoms with Gasteiger partial charge in [0.15, 0.2) is 12.5 Å². The van der Waals surface area contributed by atoms with Gasteiger partial charge in [-0.05, 0) is 36.2 Å². The standard InChI is InChI=1S/C19H22N4S2/c1-14-7-3-4-8-15(14)18-20-23(19(24)21(18)2)13-22-11-5-9-16(22)17-10-6-12-25-17/h3-4,6-8,10,12,16H,5,9,11,13H2,1-2H3/p+1/t16-/m0/s1. The topological polar surface area (TPSA) is 27.2 Å². The normalized spacial score (nSPS) is 20.2. The summed E-state index contributed by atoms with van der Waals surface area (Å²) < 4.78 is 4.84. The van der Waals surface area contributed by atoms with Crippen molar-refractivity contribution in [3.05, 3.63) is 57.0 Å². The average Bonchev–Trinajstić information content (AvgIpc) is 3.33. The van der Waals surface area contributed by atoms with Crippen LogP contribution in [0.25, 0.3) is 11.4 Å². The predicted octanol–water partition coefficient (Wildman–Crippen LogP) is 3.37. The van der Waals surface area contributed by atoms with E-state index in [1.54, 1.807) is 4.90 Å². The Morgan fingerprint density at radius 1 is 1.28 bits per heavy atom. The number of thiophene rings is 1. The minimum atomic E-state index is 0.575. The lowest BCUT2D eigenvalue weighted by molar-refractivity contribution is -0.941. The highest BCUT2D eigenvalue weighted by atomic mass is 32.1. The van der Waals surface area contributed by atoms with E-state index in [1.807, 2.05) is 27.6 Å². The highest BCUT2D eigenvalue weighted by Gasteiger charge is 2.31. The lowest BCUT2D eigenvalue weighted by Crippen LogP contribution is -3.09. The van der Waals surface area contributed by atoms with E-state index in [0.717, 1.165) is 22.8 Å². The molecule has 130 valence electrons. The first-order valence-corrected chi connectivity index (χ1v) is 10.0. The maximum Gasteiger partial charge on any atom is 0.202 e. The number of aromatic nitrogens is 3. The van der Waals surface area contributed by atoms with Crippen LogP contribution >= 0.6 is 23.6 Å². The second kappa shape index (κ2) is 6.86. The van der Waals surface area contributed by atoms with E-state index in [9.17, 15) is 0 Å². The molecule has 0 aliphatic carbocycles. The molecule has 1 saturated heterocycles. The summed E-state index contributed by atoms with van der Waals surface area (Å²) in [5.41, 5.74) is 2.38. The van der Waals surface area contributed by atoms with Crippen molar-refractivity contribution in [2.45, 2.75) is 32.5 Å². The first-order chi connectivity index (χ1) is 12.1. The molecule has 25 heavy (non-hydrogen) atoms. The molecular weight excluding hydrogens is 348 g/mol. The Balaban J connectivity index is 1.65. The zero-order valence-corrected chi connectivity index (χ0v) is 16.2. The molecule has 1 N–H and O–H groups in total. The Morgan fingerprint density at radius 3 is 2.88 bits per heavy atom. The Hall–Kier alpha value is -1.76. The fourth-order valence-corrected chi connectivity index (χ4v) is 4.89. The van der Waals surface area contributed by atoms with Crippen LogP contribution in [0, 0.1) is 11.7 Å². The molecule has 3 heterocycles. The molecule has 0 amide bonds. The molecule has 1 aromatic carbocycles. The highest BCUT2D eigenvalue weighted by Crippen LogP contribution is 2.24. The molecule has 2 aromatic heterocycles. The molecule has 1 fully saturated rings. The van der Waals surface area contributed by atoms with Crippen molar-refractivity contribution in [1.29, 1.82) is 0 Å². The summed E-state index contributed by atoms with van der Waals surface area (Å²) in [7, 11) is 2.02. The minimum absolute atomic E-state index is 0.575. The lowest BCUT2D eigenvalue weighted by Gasteiger charge is -2.20. The number of nitrogens with zero attached hydrogens (tertiary/aromatic N) is 3. The van der Waals surface area contributed by atoms with Gasteiger partial charge >= 0.3 is 0 Å². The van der Waals surface area contributed by atoms with Gasteiger partial charge in [-0.15, -0.1) is 16.4 Å². The van der Waals surface area contributed by atoms with Crippen molar-refractivity contribution in [3.63, 3.8) is 0 Å². The van der Waals surface area contributed by atoms with Gasteiger partial charge in [-0.2, -0.15) is 4.68 Å². The van der Waals surface area contributed by atoms with Crippen molar-refractivity contribution in [3.8, 4) is 11.4 Å². The van der Waals surface area contributed by atoms with Gasteiger partial charge in [-0.1, -0.05) is 30.3 Å². The molecule has 0 bridgehead atoms. The Kier molecular flexibility index (Phi) is 4.58. The molecule has 2 atom stereocenters. The van der Waals surface area contributed by atoms with Gasteiger partial charge in [0, 0.05) is 25.5 Å². The molecule has 4 nitrogen and oxygen atoms in total. The van der Waals surface area contributed by atoms with Crippen LogP contribution in [0.15, 0.2) is 41.8 Å². The summed E-state index contributed by atoms with van der Waals surface area (Å²) in [5, 5.41) is 7.05. The number of rotatable bonds is 4. The van der Waals surface area contributed by atoms with E-state index in [0.29, 0.717) is 6.04 Å². The molecule has 0 saturated carbocycles. The van der Waals surface area contributed by atoms with Gasteiger partial charge in [0.2, 0.25) is 4.77 Å². The zero-order chi connectivity index (χ0) is 17.4. The van der Waals surface area contributed by atoms with Crippen LogP contribution in [0.2, 0.25) is 0 Å². The Morgan fingerprint density at radius 2 is 2.12 bits per heavy atom. The first kappa shape index (κ1) is 16.7. The monoisotopic (exact) mass is 371 g/mol. The zero-order valence-electron chi connectivity index (χ0n) is 14.6. The lowest BCUT2D eigenvalue weighted by atomic mass is 10.1. The van der Waals surface area contributed by atoms with Crippen LogP contribution in [0.5, 0.6) is 0 Å². The number of hydrogen-bond acceptors (Lipinski definition) is 3. The number of quaternary nitrogens is 1. The van der Waals surface area contributed by atoms with E-state index in [-0.39, 0.29) is 0 Å². The molecule has 4 rings (SSSR count). The van der Waals surface area contributed by atoms with Crippen molar-refractivity contribution in [2.24, 2.45) is 7.05 Å². The summed E-state index contributed by atoms with van der Waals surface area (Å²) in [4.78, 5) is 3.04. The molecule has 1 aliphatic heterocycles. The molecule has 3 aromatic rings. The smallest absolute Gasteiger partial charge is 0.202 e. The second-order valence-electron chi connectivity index (χ2n) is 6.76. The van der Waals surface area contributed by atoms with E-state index in [2.05, 4.69) is 48.7 Å². The third-order valence-electron chi connectivity index (χ3n) is 5.15. The van der Waals surface area contributed by atoms with Gasteiger partial charge in [-0.3, -0.25) is 0 Å². The summed E-state index contributed by atoms with van der Waals surface area (Å²) in [6.45, 7) is 4.14. The fraction of sp³-hybridized carbons (Fsp3) is 0.368. The van der Waals surface area contributed by atoms with E-state index < -0.39 is 0 Å². The first-order valence-electron chi connectivity index (χ1n) is 8.73. The second-order valence-corrected chi connectivity index (χ2v) is 8.10. The number of likely N-dealkylation sites (tertiary alicyclic amines) is 1. The SMILES string of the molecule is Cc1ccccc1-c1nn(C[NH+]2CCC[C@H]2c2cccs2)c(=S)n1C. The molecule has 6 heteroatoms. The van der Waals surface area contributed by atoms with Gasteiger partial charge in [0.25, 0.3) is 0 Å². The number of aryl methyl sites for hydroxylation is 1. The van der Waals surface area contributed by atoms with Crippen LogP contribution in [0.3, 0.4) is 0 Å². The average molecular weight is 372 g/mol. The maximum atomic E-state index is 5.68. The van der Waals surface area contributed by atoms with Crippen molar-refractivity contribution < 1.29 is 4.90 Å². The number of hydrogen-bond donors (Lipinski definition) is 1. The summed E-state index contributed by atoms with van der Waals surface area (Å²) in [6, 6.07) is 13.3. The van der Waals surface area contributed by atoms with Crippen LogP contribution in [-0.4, -0.2) is 20.9 Å². The molecule has 0 radical (unpaired) electrons. The van der Waals surface area contributed by atoms with Crippen molar-refractivity contribution >= 4 is 23.6 Å². The van der Waals surface area contributed by atoms with E-state index in [4.69, 9.17) is 17.3 Å². The predicted molar refractivity (Wildman–Crippen MR) is 104 cm³/mol. The maximum absolute atomic E-state index is 5.68. The Labute approximate surface area is 157 Å². The molecule has 1 unspecified atom stereocenters. The van der Waals surface area contributed by atoms with Gasteiger partial charge in [0.1, 0.15) is 6.04 Å². The summed E-state index contributed by atoms with van der Waals surface area (Å²) in [5.74, 6) is 0.953. The largest absolute Gasteiger partial charge is 0.309 e. The number of nitrogens with one attached hydrogen (secondary N) is 1. The Bertz CT molecular complexity index is 923. The quantitative estimate of drug-likeness (QED) is 0.712. The molecule has 0 spiro atoms. The van der Waals surface area contributed by atoms with Gasteiger partial charge < -0.3 is 9.47 Å². The van der Waals surface area contributed by atoms with Crippen LogP contribution in [0.4, 0.5) is 0 Å². The van der Waals surface area contributed by atoms with E-state index >= 15 is 0 Å². The minimum Gasteiger partial charge on any atom is -0.309 e. The highest BCUT2D eigenvalue weighted by molar-refractivity contribution is 7.71. The fourth-order valence-electron chi connectivity index (χ4n) is 3.78. The van der Waals surface area contributed by atoms with Crippen LogP contribution in [0.1, 0.15) is 29.3 Å². The van der Waals surface area contributed by atoms with Gasteiger partial charge in [0.05, 0.1) is 11.4 Å². The number of benzene rings is 1. The third kappa shape index (κ3) is 3.10. The van der Waals surface area contributed by atoms with Gasteiger partial charge in [-0.25, -0.2) is 0 Å². The molecular formula is C19H23N4S2+. The van der Waals surface area contributed by atoms with Crippen molar-refractivity contribution in [1.82, 2.24) is 14.3 Å². The third-order valence-corrected chi connectivity index (χ3v) is 6.62. The summed E-state index contributed by atoms with van der Waals surface area (Å²) in [6.07, 6.45) is 2.52. The van der Waals surface area contributed by atoms with Crippen LogP contribution in [-0.2, 0) is 13.7 Å². The van der Waals surface area contributed by atoms with Crippen molar-refractivity contribution in [2.75, 3.05) is 6.54 Å².